The van der Waals surface area contributed by atoms with Gasteiger partial charge in [-0.3, -0.25) is 0 Å². The van der Waals surface area contributed by atoms with Crippen LogP contribution in [0.1, 0.15) is 49.9 Å². The van der Waals surface area contributed by atoms with Crippen molar-refractivity contribution in [3.63, 3.8) is 0 Å². The van der Waals surface area contributed by atoms with Crippen molar-refractivity contribution in [2.75, 3.05) is 6.61 Å². The molecule has 17 heavy (non-hydrogen) atoms. The highest BCUT2D eigenvalue weighted by Gasteiger charge is 2.31. The Morgan fingerprint density at radius 3 is 3.18 bits per heavy atom. The number of ether oxygens (including phenoxy) is 1. The highest BCUT2D eigenvalue weighted by atomic mass is 16.5. The van der Waals surface area contributed by atoms with Crippen molar-refractivity contribution in [1.29, 1.82) is 0 Å². The minimum atomic E-state index is 0.0360. The molecule has 94 valence electrons. The van der Waals surface area contributed by atoms with Crippen LogP contribution < -0.4 is 5.73 Å². The smallest absolute Gasteiger partial charge is 0.0833 e. The van der Waals surface area contributed by atoms with E-state index in [1.165, 1.54) is 36.9 Å². The van der Waals surface area contributed by atoms with Gasteiger partial charge in [0.1, 0.15) is 0 Å². The Morgan fingerprint density at radius 2 is 2.41 bits per heavy atom. The first-order valence-corrected chi connectivity index (χ1v) is 6.75. The third kappa shape index (κ3) is 2.02. The zero-order valence-electron chi connectivity index (χ0n) is 10.6. The summed E-state index contributed by atoms with van der Waals surface area (Å²) in [4.78, 5) is 0. The van der Waals surface area contributed by atoms with Crippen LogP contribution in [0.15, 0.2) is 12.3 Å². The van der Waals surface area contributed by atoms with E-state index in [4.69, 9.17) is 10.5 Å². The average Bonchev–Trinajstić information content (AvgIpc) is 2.88. The molecule has 1 fully saturated rings. The van der Waals surface area contributed by atoms with Gasteiger partial charge in [0.25, 0.3) is 0 Å². The second kappa shape index (κ2) is 4.14. The summed E-state index contributed by atoms with van der Waals surface area (Å²) in [6, 6.07) is 2.45. The summed E-state index contributed by atoms with van der Waals surface area (Å²) in [6.07, 6.45) is 8.08. The molecule has 2 atom stereocenters. The molecule has 2 N–H and O–H groups in total. The van der Waals surface area contributed by atoms with E-state index >= 15 is 0 Å². The highest BCUT2D eigenvalue weighted by Crippen LogP contribution is 2.32. The standard InChI is InChI=1S/C14H22N2O/c1-14(7-3-9-17-14)10-16-8-6-11-12(15)4-2-5-13(11)16/h6,8,12H,2-5,7,9-10,15H2,1H3. The fourth-order valence-corrected chi connectivity index (χ4v) is 3.26. The zero-order chi connectivity index (χ0) is 11.9. The van der Waals surface area contributed by atoms with Crippen molar-refractivity contribution < 1.29 is 4.74 Å². The first-order valence-electron chi connectivity index (χ1n) is 6.75. The number of fused-ring (bicyclic) bond motifs is 1. The molecule has 0 aromatic carbocycles. The topological polar surface area (TPSA) is 40.2 Å². The van der Waals surface area contributed by atoms with E-state index in [1.54, 1.807) is 0 Å². The van der Waals surface area contributed by atoms with Gasteiger partial charge in [0, 0.05) is 24.5 Å². The number of aromatic nitrogens is 1. The summed E-state index contributed by atoms with van der Waals surface area (Å²) < 4.78 is 8.25. The number of nitrogens with zero attached hydrogens (tertiary/aromatic N) is 1. The molecule has 0 saturated carbocycles. The van der Waals surface area contributed by atoms with Crippen LogP contribution in [0, 0.1) is 0 Å². The first-order chi connectivity index (χ1) is 8.18. The molecule has 3 rings (SSSR count). The summed E-state index contributed by atoms with van der Waals surface area (Å²) in [6.45, 7) is 4.13. The van der Waals surface area contributed by atoms with Crippen LogP contribution >= 0.6 is 0 Å². The average molecular weight is 234 g/mol. The Morgan fingerprint density at radius 1 is 1.53 bits per heavy atom. The molecular weight excluding hydrogens is 212 g/mol. The molecule has 1 aliphatic heterocycles. The van der Waals surface area contributed by atoms with E-state index in [-0.39, 0.29) is 11.6 Å². The molecule has 1 aromatic rings. The highest BCUT2D eigenvalue weighted by molar-refractivity contribution is 5.28. The van der Waals surface area contributed by atoms with Crippen LogP contribution in [0.5, 0.6) is 0 Å². The zero-order valence-corrected chi connectivity index (χ0v) is 10.6. The summed E-state index contributed by atoms with van der Waals surface area (Å²) in [7, 11) is 0. The molecule has 1 aromatic heterocycles. The largest absolute Gasteiger partial charge is 0.373 e. The van der Waals surface area contributed by atoms with E-state index < -0.39 is 0 Å². The van der Waals surface area contributed by atoms with E-state index in [1.807, 2.05) is 0 Å². The van der Waals surface area contributed by atoms with Gasteiger partial charge in [0.2, 0.25) is 0 Å². The maximum Gasteiger partial charge on any atom is 0.0833 e. The normalized spacial score (nSPS) is 32.7. The monoisotopic (exact) mass is 234 g/mol. The lowest BCUT2D eigenvalue weighted by molar-refractivity contribution is 0.00566. The van der Waals surface area contributed by atoms with Crippen LogP contribution in [0.25, 0.3) is 0 Å². The molecule has 3 nitrogen and oxygen atoms in total. The van der Waals surface area contributed by atoms with Gasteiger partial charge in [-0.05, 0) is 50.7 Å². The predicted octanol–water partition coefficient (Wildman–Crippen LogP) is 2.39. The van der Waals surface area contributed by atoms with Crippen LogP contribution in [-0.4, -0.2) is 16.8 Å². The van der Waals surface area contributed by atoms with Crippen molar-refractivity contribution in [2.45, 2.75) is 57.2 Å². The molecule has 0 amide bonds. The molecule has 3 heteroatoms. The fourth-order valence-electron chi connectivity index (χ4n) is 3.26. The minimum absolute atomic E-state index is 0.0360. The van der Waals surface area contributed by atoms with Gasteiger partial charge in [0.15, 0.2) is 0 Å². The van der Waals surface area contributed by atoms with Gasteiger partial charge in [-0.25, -0.2) is 0 Å². The maximum atomic E-state index is 6.16. The Kier molecular flexibility index (Phi) is 2.75. The van der Waals surface area contributed by atoms with Gasteiger partial charge >= 0.3 is 0 Å². The SMILES string of the molecule is CC1(Cn2ccc3c2CCCC3N)CCCO1. The molecule has 2 aliphatic rings. The Balaban J connectivity index is 1.84. The van der Waals surface area contributed by atoms with Gasteiger partial charge in [0.05, 0.1) is 12.1 Å². The molecule has 1 saturated heterocycles. The van der Waals surface area contributed by atoms with E-state index in [2.05, 4.69) is 23.8 Å². The summed E-state index contributed by atoms with van der Waals surface area (Å²) in [5.74, 6) is 0. The number of rotatable bonds is 2. The molecule has 0 spiro atoms. The van der Waals surface area contributed by atoms with Gasteiger partial charge < -0.3 is 15.0 Å². The Hall–Kier alpha value is -0.800. The van der Waals surface area contributed by atoms with Crippen LogP contribution in [0.3, 0.4) is 0 Å². The molecule has 0 bridgehead atoms. The maximum absolute atomic E-state index is 6.16. The molecule has 0 radical (unpaired) electrons. The molecule has 2 unspecified atom stereocenters. The summed E-state index contributed by atoms with van der Waals surface area (Å²) in [5.41, 5.74) is 9.00. The number of hydrogen-bond acceptors (Lipinski definition) is 2. The molecule has 1 aliphatic carbocycles. The third-order valence-electron chi connectivity index (χ3n) is 4.25. The van der Waals surface area contributed by atoms with Crippen molar-refractivity contribution >= 4 is 0 Å². The lowest BCUT2D eigenvalue weighted by atomic mass is 9.93. The van der Waals surface area contributed by atoms with Gasteiger partial charge in [-0.2, -0.15) is 0 Å². The van der Waals surface area contributed by atoms with Crippen LogP contribution in [-0.2, 0) is 17.7 Å². The van der Waals surface area contributed by atoms with Crippen molar-refractivity contribution in [2.24, 2.45) is 5.73 Å². The molecular formula is C14H22N2O. The van der Waals surface area contributed by atoms with E-state index in [0.29, 0.717) is 0 Å². The number of nitrogens with two attached hydrogens (primary N) is 1. The van der Waals surface area contributed by atoms with Crippen molar-refractivity contribution in [3.05, 3.63) is 23.5 Å². The quantitative estimate of drug-likeness (QED) is 0.853. The Bertz CT molecular complexity index is 404. The molecule has 2 heterocycles. The summed E-state index contributed by atoms with van der Waals surface area (Å²) in [5, 5.41) is 0. The Labute approximate surface area is 103 Å². The second-order valence-corrected chi connectivity index (χ2v) is 5.75. The van der Waals surface area contributed by atoms with Gasteiger partial charge in [-0.1, -0.05) is 0 Å². The lowest BCUT2D eigenvalue weighted by Gasteiger charge is -2.27. The van der Waals surface area contributed by atoms with Crippen molar-refractivity contribution in [3.8, 4) is 0 Å². The third-order valence-corrected chi connectivity index (χ3v) is 4.25. The van der Waals surface area contributed by atoms with Crippen molar-refractivity contribution in [1.82, 2.24) is 4.57 Å². The minimum Gasteiger partial charge on any atom is -0.373 e. The second-order valence-electron chi connectivity index (χ2n) is 5.75. The van der Waals surface area contributed by atoms with Crippen LogP contribution in [0.2, 0.25) is 0 Å². The summed E-state index contributed by atoms with van der Waals surface area (Å²) >= 11 is 0. The van der Waals surface area contributed by atoms with Gasteiger partial charge in [-0.15, -0.1) is 0 Å². The predicted molar refractivity (Wildman–Crippen MR) is 67.9 cm³/mol. The van der Waals surface area contributed by atoms with E-state index in [0.717, 1.165) is 19.6 Å². The first kappa shape index (κ1) is 11.3. The fraction of sp³-hybridized carbons (Fsp3) is 0.714. The number of hydrogen-bond donors (Lipinski definition) is 1. The lowest BCUT2D eigenvalue weighted by Crippen LogP contribution is -2.30. The van der Waals surface area contributed by atoms with Crippen LogP contribution in [0.4, 0.5) is 0 Å². The van der Waals surface area contributed by atoms with E-state index in [9.17, 15) is 0 Å².